The second-order valence-corrected chi connectivity index (χ2v) is 5.18. The highest BCUT2D eigenvalue weighted by atomic mass is 16.5. The number of carbonyl (C=O) groups excluding carboxylic acids is 1. The summed E-state index contributed by atoms with van der Waals surface area (Å²) in [6.45, 7) is 4.30. The van der Waals surface area contributed by atoms with E-state index >= 15 is 0 Å². The SMILES string of the molecule is CCOCCCNC(=O)NCc1ccccc1Oc1ccccc1. The van der Waals surface area contributed by atoms with E-state index in [4.69, 9.17) is 9.47 Å². The minimum Gasteiger partial charge on any atom is -0.457 e. The molecule has 0 saturated carbocycles. The van der Waals surface area contributed by atoms with Crippen molar-refractivity contribution in [1.29, 1.82) is 0 Å². The van der Waals surface area contributed by atoms with Gasteiger partial charge in [0.1, 0.15) is 11.5 Å². The van der Waals surface area contributed by atoms with Gasteiger partial charge >= 0.3 is 6.03 Å². The lowest BCUT2D eigenvalue weighted by Crippen LogP contribution is -2.35. The summed E-state index contributed by atoms with van der Waals surface area (Å²) in [6, 6.07) is 17.1. The summed E-state index contributed by atoms with van der Waals surface area (Å²) in [5, 5.41) is 5.66. The molecule has 0 bridgehead atoms. The van der Waals surface area contributed by atoms with Crippen LogP contribution in [0.3, 0.4) is 0 Å². The molecule has 0 aliphatic carbocycles. The number of rotatable bonds is 9. The fraction of sp³-hybridized carbons (Fsp3) is 0.316. The van der Waals surface area contributed by atoms with Crippen LogP contribution < -0.4 is 15.4 Å². The van der Waals surface area contributed by atoms with E-state index in [1.165, 1.54) is 0 Å². The number of benzene rings is 2. The van der Waals surface area contributed by atoms with Gasteiger partial charge in [0.2, 0.25) is 0 Å². The Hall–Kier alpha value is -2.53. The predicted molar refractivity (Wildman–Crippen MR) is 94.3 cm³/mol. The van der Waals surface area contributed by atoms with Gasteiger partial charge in [-0.3, -0.25) is 0 Å². The molecule has 0 atom stereocenters. The molecular formula is C19H24N2O3. The van der Waals surface area contributed by atoms with Crippen molar-refractivity contribution in [2.24, 2.45) is 0 Å². The summed E-state index contributed by atoms with van der Waals surface area (Å²) in [6.07, 6.45) is 0.801. The molecule has 0 saturated heterocycles. The molecule has 2 rings (SSSR count). The zero-order valence-corrected chi connectivity index (χ0v) is 14.0. The van der Waals surface area contributed by atoms with Crippen molar-refractivity contribution in [2.75, 3.05) is 19.8 Å². The van der Waals surface area contributed by atoms with Crippen molar-refractivity contribution in [3.8, 4) is 11.5 Å². The number of hydrogen-bond donors (Lipinski definition) is 2. The first-order chi connectivity index (χ1) is 11.8. The van der Waals surface area contributed by atoms with Crippen molar-refractivity contribution in [1.82, 2.24) is 10.6 Å². The number of amides is 2. The third kappa shape index (κ3) is 6.30. The Kier molecular flexibility index (Phi) is 7.63. The number of hydrogen-bond acceptors (Lipinski definition) is 3. The molecule has 0 unspecified atom stereocenters. The third-order valence-corrected chi connectivity index (χ3v) is 3.34. The predicted octanol–water partition coefficient (Wildman–Crippen LogP) is 3.70. The average molecular weight is 328 g/mol. The van der Waals surface area contributed by atoms with Crippen molar-refractivity contribution in [3.05, 3.63) is 60.2 Å². The van der Waals surface area contributed by atoms with Gasteiger partial charge in [0.15, 0.2) is 0 Å². The highest BCUT2D eigenvalue weighted by Crippen LogP contribution is 2.24. The van der Waals surface area contributed by atoms with E-state index in [2.05, 4.69) is 10.6 Å². The van der Waals surface area contributed by atoms with E-state index in [-0.39, 0.29) is 6.03 Å². The maximum Gasteiger partial charge on any atom is 0.315 e. The summed E-state index contributed by atoms with van der Waals surface area (Å²) in [7, 11) is 0. The van der Waals surface area contributed by atoms with Crippen LogP contribution in [0.15, 0.2) is 54.6 Å². The smallest absolute Gasteiger partial charge is 0.315 e. The van der Waals surface area contributed by atoms with Crippen LogP contribution in [0.4, 0.5) is 4.79 Å². The van der Waals surface area contributed by atoms with Crippen molar-refractivity contribution < 1.29 is 14.3 Å². The first kappa shape index (κ1) is 17.8. The molecule has 0 spiro atoms. The fourth-order valence-electron chi connectivity index (χ4n) is 2.12. The monoisotopic (exact) mass is 328 g/mol. The molecule has 2 amide bonds. The van der Waals surface area contributed by atoms with Crippen LogP contribution in [0, 0.1) is 0 Å². The lowest BCUT2D eigenvalue weighted by atomic mass is 10.2. The van der Waals surface area contributed by atoms with E-state index in [1.54, 1.807) is 0 Å². The van der Waals surface area contributed by atoms with E-state index in [0.717, 1.165) is 23.5 Å². The highest BCUT2D eigenvalue weighted by molar-refractivity contribution is 5.73. The molecule has 5 nitrogen and oxygen atoms in total. The fourth-order valence-corrected chi connectivity index (χ4v) is 2.12. The Morgan fingerprint density at radius 2 is 1.75 bits per heavy atom. The topological polar surface area (TPSA) is 59.6 Å². The number of carbonyl (C=O) groups is 1. The second-order valence-electron chi connectivity index (χ2n) is 5.18. The van der Waals surface area contributed by atoms with Gasteiger partial charge in [0.25, 0.3) is 0 Å². The molecule has 2 N–H and O–H groups in total. The van der Waals surface area contributed by atoms with Crippen molar-refractivity contribution >= 4 is 6.03 Å². The van der Waals surface area contributed by atoms with Crippen molar-refractivity contribution in [2.45, 2.75) is 19.9 Å². The molecule has 2 aromatic carbocycles. The van der Waals surface area contributed by atoms with Gasteiger partial charge in [-0.1, -0.05) is 36.4 Å². The van der Waals surface area contributed by atoms with Crippen LogP contribution in [-0.4, -0.2) is 25.8 Å². The number of urea groups is 1. The van der Waals surface area contributed by atoms with Gasteiger partial charge in [-0.05, 0) is 31.5 Å². The van der Waals surface area contributed by atoms with Gasteiger partial charge in [0, 0.05) is 31.9 Å². The van der Waals surface area contributed by atoms with Gasteiger partial charge in [-0.2, -0.15) is 0 Å². The normalized spacial score (nSPS) is 10.2. The number of nitrogens with one attached hydrogen (secondary N) is 2. The molecular weight excluding hydrogens is 304 g/mol. The molecule has 2 aromatic rings. The minimum atomic E-state index is -0.194. The molecule has 128 valence electrons. The van der Waals surface area contributed by atoms with Crippen LogP contribution in [0.25, 0.3) is 0 Å². The van der Waals surface area contributed by atoms with E-state index in [1.807, 2.05) is 61.5 Å². The summed E-state index contributed by atoms with van der Waals surface area (Å²) >= 11 is 0. The first-order valence-electron chi connectivity index (χ1n) is 8.20. The zero-order chi connectivity index (χ0) is 17.0. The molecule has 0 heterocycles. The van der Waals surface area contributed by atoms with E-state index in [0.29, 0.717) is 26.3 Å². The Morgan fingerprint density at radius 3 is 2.54 bits per heavy atom. The lowest BCUT2D eigenvalue weighted by molar-refractivity contribution is 0.145. The van der Waals surface area contributed by atoms with Crippen LogP contribution in [0.1, 0.15) is 18.9 Å². The van der Waals surface area contributed by atoms with E-state index < -0.39 is 0 Å². The Morgan fingerprint density at radius 1 is 1.00 bits per heavy atom. The zero-order valence-electron chi connectivity index (χ0n) is 14.0. The molecule has 0 aromatic heterocycles. The Labute approximate surface area is 143 Å². The van der Waals surface area contributed by atoms with Crippen LogP contribution >= 0.6 is 0 Å². The number of para-hydroxylation sites is 2. The van der Waals surface area contributed by atoms with Crippen molar-refractivity contribution in [3.63, 3.8) is 0 Å². The molecule has 0 aliphatic heterocycles. The minimum absolute atomic E-state index is 0.194. The third-order valence-electron chi connectivity index (χ3n) is 3.34. The van der Waals surface area contributed by atoms with Crippen LogP contribution in [-0.2, 0) is 11.3 Å². The van der Waals surface area contributed by atoms with E-state index in [9.17, 15) is 4.79 Å². The quantitative estimate of drug-likeness (QED) is 0.690. The standard InChI is InChI=1S/C19H24N2O3/c1-2-23-14-8-13-20-19(22)21-15-16-9-6-7-12-18(16)24-17-10-4-3-5-11-17/h3-7,9-12H,2,8,13-15H2,1H3,(H2,20,21,22). The van der Waals surface area contributed by atoms with Crippen LogP contribution in [0.5, 0.6) is 11.5 Å². The Balaban J connectivity index is 1.81. The first-order valence-corrected chi connectivity index (χ1v) is 8.20. The van der Waals surface area contributed by atoms with Gasteiger partial charge in [-0.15, -0.1) is 0 Å². The molecule has 0 radical (unpaired) electrons. The van der Waals surface area contributed by atoms with Gasteiger partial charge < -0.3 is 20.1 Å². The summed E-state index contributed by atoms with van der Waals surface area (Å²) in [4.78, 5) is 11.8. The Bertz CT molecular complexity index is 617. The maximum atomic E-state index is 11.8. The highest BCUT2D eigenvalue weighted by Gasteiger charge is 2.06. The second kappa shape index (κ2) is 10.3. The lowest BCUT2D eigenvalue weighted by Gasteiger charge is -2.12. The molecule has 0 fully saturated rings. The molecule has 24 heavy (non-hydrogen) atoms. The largest absolute Gasteiger partial charge is 0.457 e. The van der Waals surface area contributed by atoms with Gasteiger partial charge in [-0.25, -0.2) is 4.79 Å². The van der Waals surface area contributed by atoms with Crippen LogP contribution in [0.2, 0.25) is 0 Å². The molecule has 5 heteroatoms. The summed E-state index contributed by atoms with van der Waals surface area (Å²) in [5.41, 5.74) is 0.922. The van der Waals surface area contributed by atoms with Gasteiger partial charge in [0.05, 0.1) is 0 Å². The summed E-state index contributed by atoms with van der Waals surface area (Å²) < 4.78 is 11.1. The average Bonchev–Trinajstić information content (AvgIpc) is 2.62. The molecule has 0 aliphatic rings. The maximum absolute atomic E-state index is 11.8. The number of ether oxygens (including phenoxy) is 2. The summed E-state index contributed by atoms with van der Waals surface area (Å²) in [5.74, 6) is 1.51.